The Morgan fingerprint density at radius 1 is 1.10 bits per heavy atom. The van der Waals surface area contributed by atoms with E-state index in [4.69, 9.17) is 4.42 Å². The normalized spacial score (nSPS) is 11.7. The highest BCUT2D eigenvalue weighted by molar-refractivity contribution is 9.10. The Hall–Kier alpha value is -3.07. The minimum absolute atomic E-state index is 0.301. The van der Waals surface area contributed by atoms with Gasteiger partial charge in [0.25, 0.3) is 0 Å². The Morgan fingerprint density at radius 2 is 1.84 bits per heavy atom. The molecule has 0 saturated heterocycles. The molecule has 2 aromatic heterocycles. The Balaban J connectivity index is 1.80. The highest BCUT2D eigenvalue weighted by atomic mass is 79.9. The summed E-state index contributed by atoms with van der Waals surface area (Å²) in [5.41, 5.74) is 3.59. The summed E-state index contributed by atoms with van der Waals surface area (Å²) in [4.78, 5) is 4.47. The molecule has 5 nitrogen and oxygen atoms in total. The maximum absolute atomic E-state index is 12.5. The highest BCUT2D eigenvalue weighted by Gasteiger charge is 2.31. The summed E-state index contributed by atoms with van der Waals surface area (Å²) in [6, 6.07) is 13.2. The van der Waals surface area contributed by atoms with E-state index < -0.39 is 6.36 Å². The van der Waals surface area contributed by atoms with Crippen molar-refractivity contribution in [2.45, 2.75) is 26.6 Å². The number of aryl methyl sites for hydroxylation is 2. The molecule has 0 atom stereocenters. The number of oxazole rings is 1. The molecule has 0 spiro atoms. The van der Waals surface area contributed by atoms with Gasteiger partial charge in [0.1, 0.15) is 11.4 Å². The Morgan fingerprint density at radius 3 is 2.48 bits per heavy atom. The summed E-state index contributed by atoms with van der Waals surface area (Å²) in [6.07, 6.45) is -2.07. The molecule has 0 aliphatic heterocycles. The second kappa shape index (κ2) is 8.22. The quantitative estimate of drug-likeness (QED) is 0.310. The van der Waals surface area contributed by atoms with Gasteiger partial charge in [-0.2, -0.15) is 5.10 Å². The monoisotopic (exact) mass is 491 g/mol. The van der Waals surface area contributed by atoms with Crippen LogP contribution in [0.2, 0.25) is 0 Å². The minimum atomic E-state index is -4.75. The van der Waals surface area contributed by atoms with Crippen molar-refractivity contribution in [3.8, 4) is 34.0 Å². The van der Waals surface area contributed by atoms with E-state index in [1.807, 2.05) is 37.4 Å². The third-order valence-electron chi connectivity index (χ3n) is 4.55. The van der Waals surface area contributed by atoms with Crippen LogP contribution in [0.4, 0.5) is 13.2 Å². The van der Waals surface area contributed by atoms with E-state index in [-0.39, 0.29) is 5.75 Å². The summed E-state index contributed by atoms with van der Waals surface area (Å²) >= 11 is 3.50. The molecule has 160 valence electrons. The van der Waals surface area contributed by atoms with Crippen molar-refractivity contribution in [1.29, 1.82) is 0 Å². The summed E-state index contributed by atoms with van der Waals surface area (Å²) in [6.45, 7) is 3.74. The van der Waals surface area contributed by atoms with Gasteiger partial charge in [-0.15, -0.1) is 13.2 Å². The predicted molar refractivity (Wildman–Crippen MR) is 113 cm³/mol. The van der Waals surface area contributed by atoms with Crippen molar-refractivity contribution in [3.63, 3.8) is 0 Å². The van der Waals surface area contributed by atoms with Gasteiger partial charge in [0.2, 0.25) is 0 Å². The van der Waals surface area contributed by atoms with Crippen LogP contribution in [0, 0.1) is 6.92 Å². The molecule has 2 heterocycles. The SMILES string of the molecule is CCc1ccn(-c2ccc(Br)cc2-c2oc(C)nc2-c2ccc(OC(F)(F)F)cc2)n1. The highest BCUT2D eigenvalue weighted by Crippen LogP contribution is 2.38. The molecule has 4 aromatic rings. The standard InChI is InChI=1S/C22H17BrF3N3O2/c1-3-16-10-11-29(28-16)19-9-6-15(23)12-18(19)21-20(27-13(2)30-21)14-4-7-17(8-5-14)31-22(24,25)26/h4-12H,3H2,1-2H3. The molecule has 0 N–H and O–H groups in total. The van der Waals surface area contributed by atoms with E-state index >= 15 is 0 Å². The van der Waals surface area contributed by atoms with Crippen LogP contribution < -0.4 is 4.74 Å². The van der Waals surface area contributed by atoms with Gasteiger partial charge < -0.3 is 9.15 Å². The largest absolute Gasteiger partial charge is 0.573 e. The van der Waals surface area contributed by atoms with Crippen molar-refractivity contribution >= 4 is 15.9 Å². The Labute approximate surface area is 184 Å². The van der Waals surface area contributed by atoms with Crippen molar-refractivity contribution in [2.75, 3.05) is 0 Å². The lowest BCUT2D eigenvalue weighted by Gasteiger charge is -2.11. The summed E-state index contributed by atoms with van der Waals surface area (Å²) in [5.74, 6) is 0.623. The number of halogens is 4. The predicted octanol–water partition coefficient (Wildman–Crippen LogP) is 6.73. The van der Waals surface area contributed by atoms with E-state index in [0.29, 0.717) is 22.9 Å². The average molecular weight is 492 g/mol. The lowest BCUT2D eigenvalue weighted by atomic mass is 10.0. The Kier molecular flexibility index (Phi) is 5.62. The summed E-state index contributed by atoms with van der Waals surface area (Å²) in [7, 11) is 0. The number of hydrogen-bond acceptors (Lipinski definition) is 4. The molecular weight excluding hydrogens is 475 g/mol. The van der Waals surface area contributed by atoms with Crippen LogP contribution in [0.15, 0.2) is 63.6 Å². The number of nitrogens with zero attached hydrogens (tertiary/aromatic N) is 3. The fraction of sp³-hybridized carbons (Fsp3) is 0.182. The molecule has 0 radical (unpaired) electrons. The number of rotatable bonds is 5. The molecule has 0 fully saturated rings. The lowest BCUT2D eigenvalue weighted by Crippen LogP contribution is -2.16. The van der Waals surface area contributed by atoms with Gasteiger partial charge >= 0.3 is 6.36 Å². The van der Waals surface area contributed by atoms with Gasteiger partial charge in [-0.25, -0.2) is 9.67 Å². The molecule has 0 unspecified atom stereocenters. The van der Waals surface area contributed by atoms with E-state index in [2.05, 4.69) is 30.7 Å². The number of ether oxygens (including phenoxy) is 1. The first kappa shape index (κ1) is 21.2. The second-order valence-electron chi connectivity index (χ2n) is 6.75. The van der Waals surface area contributed by atoms with E-state index in [9.17, 15) is 13.2 Å². The second-order valence-corrected chi connectivity index (χ2v) is 7.67. The smallest absolute Gasteiger partial charge is 0.440 e. The third-order valence-corrected chi connectivity index (χ3v) is 5.05. The summed E-state index contributed by atoms with van der Waals surface area (Å²) in [5, 5.41) is 4.59. The fourth-order valence-corrected chi connectivity index (χ4v) is 3.56. The van der Waals surface area contributed by atoms with E-state index in [1.165, 1.54) is 24.3 Å². The van der Waals surface area contributed by atoms with Crippen LogP contribution in [0.25, 0.3) is 28.3 Å². The molecule has 0 bridgehead atoms. The molecule has 0 saturated carbocycles. The molecule has 0 amide bonds. The minimum Gasteiger partial charge on any atom is -0.440 e. The van der Waals surface area contributed by atoms with Gasteiger partial charge in [0.15, 0.2) is 11.7 Å². The number of alkyl halides is 3. The lowest BCUT2D eigenvalue weighted by molar-refractivity contribution is -0.274. The van der Waals surface area contributed by atoms with Crippen LogP contribution in [-0.2, 0) is 6.42 Å². The first-order chi connectivity index (χ1) is 14.7. The fourth-order valence-electron chi connectivity index (χ4n) is 3.19. The van der Waals surface area contributed by atoms with Gasteiger partial charge in [0, 0.05) is 28.7 Å². The number of hydrogen-bond donors (Lipinski definition) is 0. The maximum atomic E-state index is 12.5. The van der Waals surface area contributed by atoms with Crippen LogP contribution in [0.5, 0.6) is 5.75 Å². The number of aromatic nitrogens is 3. The van der Waals surface area contributed by atoms with Crippen molar-refractivity contribution in [3.05, 3.63) is 70.8 Å². The van der Waals surface area contributed by atoms with Crippen molar-refractivity contribution < 1.29 is 22.3 Å². The zero-order valence-electron chi connectivity index (χ0n) is 16.6. The summed E-state index contributed by atoms with van der Waals surface area (Å²) < 4.78 is 49.9. The first-order valence-corrected chi connectivity index (χ1v) is 10.2. The molecule has 31 heavy (non-hydrogen) atoms. The molecule has 2 aromatic carbocycles. The van der Waals surface area contributed by atoms with Gasteiger partial charge in [-0.3, -0.25) is 0 Å². The van der Waals surface area contributed by atoms with Gasteiger partial charge in [0.05, 0.1) is 11.4 Å². The number of benzene rings is 2. The maximum Gasteiger partial charge on any atom is 0.573 e. The van der Waals surface area contributed by atoms with Crippen LogP contribution >= 0.6 is 15.9 Å². The Bertz CT molecular complexity index is 1210. The van der Waals surface area contributed by atoms with Crippen molar-refractivity contribution in [2.24, 2.45) is 0 Å². The topological polar surface area (TPSA) is 53.1 Å². The average Bonchev–Trinajstić information content (AvgIpc) is 3.34. The van der Waals surface area contributed by atoms with Crippen LogP contribution in [0.3, 0.4) is 0 Å². The molecule has 9 heteroatoms. The van der Waals surface area contributed by atoms with Crippen LogP contribution in [0.1, 0.15) is 18.5 Å². The zero-order valence-corrected chi connectivity index (χ0v) is 18.2. The molecular formula is C22H17BrF3N3O2. The zero-order chi connectivity index (χ0) is 22.2. The van der Waals surface area contributed by atoms with Gasteiger partial charge in [-0.1, -0.05) is 22.9 Å². The van der Waals surface area contributed by atoms with E-state index in [1.54, 1.807) is 11.6 Å². The van der Waals surface area contributed by atoms with E-state index in [0.717, 1.165) is 27.8 Å². The molecule has 0 aliphatic carbocycles. The molecule has 0 aliphatic rings. The van der Waals surface area contributed by atoms with Gasteiger partial charge in [-0.05, 0) is 55.0 Å². The first-order valence-electron chi connectivity index (χ1n) is 9.42. The third kappa shape index (κ3) is 4.66. The molecule has 4 rings (SSSR count). The van der Waals surface area contributed by atoms with Crippen molar-refractivity contribution in [1.82, 2.24) is 14.8 Å². The van der Waals surface area contributed by atoms with Crippen LogP contribution in [-0.4, -0.2) is 21.1 Å².